The third-order valence-electron chi connectivity index (χ3n) is 2.47. The fourth-order valence-corrected chi connectivity index (χ4v) is 1.32. The minimum absolute atomic E-state index is 0.160. The topological polar surface area (TPSA) is 41.1 Å². The number of hydrogen-bond acceptors (Lipinski definition) is 3. The predicted molar refractivity (Wildman–Crippen MR) is 65.1 cm³/mol. The third-order valence-corrected chi connectivity index (χ3v) is 2.47. The molecule has 0 rings (SSSR count). The summed E-state index contributed by atoms with van der Waals surface area (Å²) < 4.78 is 0. The second kappa shape index (κ2) is 10.1. The Hall–Kier alpha value is -0.410. The molecule has 0 aliphatic heterocycles. The normalized spacial score (nSPS) is 10.9. The van der Waals surface area contributed by atoms with E-state index in [0.717, 1.165) is 13.1 Å². The lowest BCUT2D eigenvalue weighted by atomic mass is 10.1. The zero-order valence-electron chi connectivity index (χ0n) is 10.4. The van der Waals surface area contributed by atoms with Gasteiger partial charge in [-0.15, -0.1) is 0 Å². The number of carbonyl (C=O) groups excluding carboxylic acids is 1. The second-order valence-corrected chi connectivity index (χ2v) is 4.32. The maximum absolute atomic E-state index is 11.2. The first-order chi connectivity index (χ1) is 7.18. The van der Waals surface area contributed by atoms with Gasteiger partial charge < -0.3 is 10.6 Å². The van der Waals surface area contributed by atoms with Crippen molar-refractivity contribution >= 4 is 5.78 Å². The van der Waals surface area contributed by atoms with E-state index in [1.54, 1.807) is 0 Å². The van der Waals surface area contributed by atoms with Crippen molar-refractivity contribution in [3.8, 4) is 0 Å². The van der Waals surface area contributed by atoms with E-state index in [1.807, 2.05) is 20.9 Å². The highest BCUT2D eigenvalue weighted by Crippen LogP contribution is 1.98. The van der Waals surface area contributed by atoms with Crippen molar-refractivity contribution in [3.63, 3.8) is 0 Å². The van der Waals surface area contributed by atoms with Crippen LogP contribution < -0.4 is 10.6 Å². The van der Waals surface area contributed by atoms with Gasteiger partial charge in [0.25, 0.3) is 0 Å². The van der Waals surface area contributed by atoms with Crippen LogP contribution in [0.2, 0.25) is 0 Å². The number of hydrogen-bond donors (Lipinski definition) is 2. The molecule has 0 aromatic carbocycles. The van der Waals surface area contributed by atoms with Crippen LogP contribution in [0.25, 0.3) is 0 Å². The van der Waals surface area contributed by atoms with E-state index in [9.17, 15) is 4.79 Å². The smallest absolute Gasteiger partial charge is 0.149 e. The SMILES string of the molecule is CNCCCCCCNCC(=O)C(C)C. The summed E-state index contributed by atoms with van der Waals surface area (Å²) >= 11 is 0. The zero-order chi connectivity index (χ0) is 11.5. The highest BCUT2D eigenvalue weighted by molar-refractivity contribution is 5.82. The van der Waals surface area contributed by atoms with Crippen LogP contribution in [0.4, 0.5) is 0 Å². The molecular formula is C12H26N2O. The van der Waals surface area contributed by atoms with Crippen LogP contribution in [-0.4, -0.2) is 32.5 Å². The highest BCUT2D eigenvalue weighted by atomic mass is 16.1. The molecule has 0 heterocycles. The molecule has 0 aliphatic rings. The van der Waals surface area contributed by atoms with Crippen LogP contribution >= 0.6 is 0 Å². The third kappa shape index (κ3) is 9.88. The van der Waals surface area contributed by atoms with E-state index in [0.29, 0.717) is 12.3 Å². The number of unbranched alkanes of at least 4 members (excludes halogenated alkanes) is 3. The predicted octanol–water partition coefficient (Wildman–Crippen LogP) is 1.58. The maximum atomic E-state index is 11.2. The molecule has 0 aromatic heterocycles. The Morgan fingerprint density at radius 2 is 1.67 bits per heavy atom. The van der Waals surface area contributed by atoms with E-state index in [2.05, 4.69) is 10.6 Å². The average molecular weight is 214 g/mol. The lowest BCUT2D eigenvalue weighted by molar-refractivity contribution is -0.121. The lowest BCUT2D eigenvalue weighted by Crippen LogP contribution is -2.26. The van der Waals surface area contributed by atoms with E-state index in [-0.39, 0.29) is 5.92 Å². The Kier molecular flexibility index (Phi) is 9.84. The minimum atomic E-state index is 0.160. The van der Waals surface area contributed by atoms with Crippen molar-refractivity contribution in [2.75, 3.05) is 26.7 Å². The van der Waals surface area contributed by atoms with Crippen LogP contribution in [0.15, 0.2) is 0 Å². The molecule has 0 amide bonds. The number of rotatable bonds is 10. The van der Waals surface area contributed by atoms with Gasteiger partial charge in [0.15, 0.2) is 0 Å². The Morgan fingerprint density at radius 1 is 1.07 bits per heavy atom. The fourth-order valence-electron chi connectivity index (χ4n) is 1.32. The van der Waals surface area contributed by atoms with Gasteiger partial charge >= 0.3 is 0 Å². The number of Topliss-reactive ketones (excluding diaryl/α,β-unsaturated/α-hetero) is 1. The molecule has 0 spiro atoms. The molecule has 2 N–H and O–H groups in total. The molecule has 0 aromatic rings. The van der Waals surface area contributed by atoms with Crippen molar-refractivity contribution < 1.29 is 4.79 Å². The first-order valence-electron chi connectivity index (χ1n) is 6.06. The van der Waals surface area contributed by atoms with Crippen molar-refractivity contribution in [2.45, 2.75) is 39.5 Å². The van der Waals surface area contributed by atoms with Crippen LogP contribution in [0.5, 0.6) is 0 Å². The largest absolute Gasteiger partial charge is 0.320 e. The van der Waals surface area contributed by atoms with Gasteiger partial charge in [-0.25, -0.2) is 0 Å². The maximum Gasteiger partial charge on any atom is 0.149 e. The van der Waals surface area contributed by atoms with Gasteiger partial charge in [-0.2, -0.15) is 0 Å². The Balaban J connectivity index is 3.08. The molecule has 0 atom stereocenters. The summed E-state index contributed by atoms with van der Waals surface area (Å²) in [5.41, 5.74) is 0. The molecule has 0 saturated heterocycles. The second-order valence-electron chi connectivity index (χ2n) is 4.32. The summed E-state index contributed by atoms with van der Waals surface area (Å²) in [4.78, 5) is 11.2. The van der Waals surface area contributed by atoms with Crippen molar-refractivity contribution in [3.05, 3.63) is 0 Å². The Bertz CT molecular complexity index is 158. The van der Waals surface area contributed by atoms with Crippen molar-refractivity contribution in [1.29, 1.82) is 0 Å². The number of nitrogens with one attached hydrogen (secondary N) is 2. The summed E-state index contributed by atoms with van der Waals surface area (Å²) in [6.07, 6.45) is 4.96. The minimum Gasteiger partial charge on any atom is -0.320 e. The van der Waals surface area contributed by atoms with Crippen molar-refractivity contribution in [1.82, 2.24) is 10.6 Å². The van der Waals surface area contributed by atoms with Gasteiger partial charge in [-0.1, -0.05) is 26.7 Å². The molecule has 0 bridgehead atoms. The average Bonchev–Trinajstić information content (AvgIpc) is 2.21. The Labute approximate surface area is 94.0 Å². The van der Waals surface area contributed by atoms with Crippen LogP contribution in [-0.2, 0) is 4.79 Å². The van der Waals surface area contributed by atoms with Crippen LogP contribution in [0.1, 0.15) is 39.5 Å². The molecule has 0 radical (unpaired) electrons. The Morgan fingerprint density at radius 3 is 2.20 bits per heavy atom. The van der Waals surface area contributed by atoms with Gasteiger partial charge in [0.1, 0.15) is 5.78 Å². The molecule has 0 fully saturated rings. The van der Waals surface area contributed by atoms with E-state index >= 15 is 0 Å². The van der Waals surface area contributed by atoms with E-state index in [1.165, 1.54) is 25.7 Å². The monoisotopic (exact) mass is 214 g/mol. The summed E-state index contributed by atoms with van der Waals surface area (Å²) in [5.74, 6) is 0.471. The van der Waals surface area contributed by atoms with Gasteiger partial charge in [-0.3, -0.25) is 4.79 Å². The molecule has 3 heteroatoms. The molecule has 0 saturated carbocycles. The standard InChI is InChI=1S/C12H26N2O/c1-11(2)12(15)10-14-9-7-5-4-6-8-13-3/h11,13-14H,4-10H2,1-3H3. The van der Waals surface area contributed by atoms with Crippen LogP contribution in [0.3, 0.4) is 0 Å². The van der Waals surface area contributed by atoms with Crippen LogP contribution in [0, 0.1) is 5.92 Å². The summed E-state index contributed by atoms with van der Waals surface area (Å²) in [5, 5.41) is 6.33. The summed E-state index contributed by atoms with van der Waals surface area (Å²) in [6.45, 7) is 6.51. The molecule has 15 heavy (non-hydrogen) atoms. The van der Waals surface area contributed by atoms with Gasteiger partial charge in [0.2, 0.25) is 0 Å². The molecule has 0 unspecified atom stereocenters. The molecule has 3 nitrogen and oxygen atoms in total. The highest BCUT2D eigenvalue weighted by Gasteiger charge is 2.04. The summed E-state index contributed by atoms with van der Waals surface area (Å²) in [6, 6.07) is 0. The lowest BCUT2D eigenvalue weighted by Gasteiger charge is -2.06. The van der Waals surface area contributed by atoms with E-state index in [4.69, 9.17) is 0 Å². The fraction of sp³-hybridized carbons (Fsp3) is 0.917. The zero-order valence-corrected chi connectivity index (χ0v) is 10.4. The van der Waals surface area contributed by atoms with Crippen molar-refractivity contribution in [2.24, 2.45) is 5.92 Å². The number of ketones is 1. The summed E-state index contributed by atoms with van der Waals surface area (Å²) in [7, 11) is 1.99. The first-order valence-corrected chi connectivity index (χ1v) is 6.06. The number of carbonyl (C=O) groups is 1. The molecule has 0 aliphatic carbocycles. The van der Waals surface area contributed by atoms with Gasteiger partial charge in [0.05, 0.1) is 6.54 Å². The molecule has 90 valence electrons. The molecular weight excluding hydrogens is 188 g/mol. The quantitative estimate of drug-likeness (QED) is 0.543. The van der Waals surface area contributed by atoms with E-state index < -0.39 is 0 Å². The first kappa shape index (κ1) is 14.6. The van der Waals surface area contributed by atoms with Gasteiger partial charge in [0, 0.05) is 5.92 Å². The van der Waals surface area contributed by atoms with Gasteiger partial charge in [-0.05, 0) is 33.0 Å².